The SMILES string of the molecule is C=CCCC(=O)N(C)C1CCNCC1. The summed E-state index contributed by atoms with van der Waals surface area (Å²) in [6.45, 7) is 5.69. The van der Waals surface area contributed by atoms with Crippen LogP contribution in [0.25, 0.3) is 0 Å². The van der Waals surface area contributed by atoms with E-state index < -0.39 is 0 Å². The summed E-state index contributed by atoms with van der Waals surface area (Å²) >= 11 is 0. The van der Waals surface area contributed by atoms with Crippen molar-refractivity contribution < 1.29 is 4.79 Å². The fourth-order valence-electron chi connectivity index (χ4n) is 1.80. The molecule has 1 amide bonds. The number of piperidine rings is 1. The van der Waals surface area contributed by atoms with Crippen LogP contribution in [0.15, 0.2) is 12.7 Å². The van der Waals surface area contributed by atoms with Gasteiger partial charge in [0.2, 0.25) is 5.91 Å². The van der Waals surface area contributed by atoms with Crippen molar-refractivity contribution in [1.82, 2.24) is 10.2 Å². The topological polar surface area (TPSA) is 32.3 Å². The summed E-state index contributed by atoms with van der Waals surface area (Å²) < 4.78 is 0. The molecule has 0 unspecified atom stereocenters. The number of nitrogens with zero attached hydrogens (tertiary/aromatic N) is 1. The number of nitrogens with one attached hydrogen (secondary N) is 1. The number of carbonyl (C=O) groups excluding carboxylic acids is 1. The van der Waals surface area contributed by atoms with Gasteiger partial charge in [0.25, 0.3) is 0 Å². The molecule has 0 aromatic carbocycles. The first-order valence-corrected chi connectivity index (χ1v) is 5.33. The first-order chi connectivity index (χ1) is 6.75. The van der Waals surface area contributed by atoms with Crippen molar-refractivity contribution >= 4 is 5.91 Å². The molecule has 1 saturated heterocycles. The fraction of sp³-hybridized carbons (Fsp3) is 0.727. The van der Waals surface area contributed by atoms with Crippen molar-refractivity contribution in [3.63, 3.8) is 0 Å². The van der Waals surface area contributed by atoms with Gasteiger partial charge in [0.05, 0.1) is 0 Å². The summed E-state index contributed by atoms with van der Waals surface area (Å²) in [5.41, 5.74) is 0. The molecule has 14 heavy (non-hydrogen) atoms. The Kier molecular flexibility index (Phi) is 4.66. The van der Waals surface area contributed by atoms with Crippen LogP contribution in [0.2, 0.25) is 0 Å². The lowest BCUT2D eigenvalue weighted by molar-refractivity contribution is -0.132. The van der Waals surface area contributed by atoms with Crippen molar-refractivity contribution in [2.24, 2.45) is 0 Å². The number of allylic oxidation sites excluding steroid dienone is 1. The summed E-state index contributed by atoms with van der Waals surface area (Å²) in [5.74, 6) is 0.247. The Bertz CT molecular complexity index is 197. The molecule has 0 aliphatic carbocycles. The largest absolute Gasteiger partial charge is 0.343 e. The van der Waals surface area contributed by atoms with Gasteiger partial charge in [-0.05, 0) is 32.4 Å². The second-order valence-electron chi connectivity index (χ2n) is 3.81. The van der Waals surface area contributed by atoms with Gasteiger partial charge in [-0.2, -0.15) is 0 Å². The summed E-state index contributed by atoms with van der Waals surface area (Å²) in [6.07, 6.45) is 5.35. The molecule has 1 aliphatic heterocycles. The van der Waals surface area contributed by atoms with Crippen molar-refractivity contribution in [2.75, 3.05) is 20.1 Å². The van der Waals surface area contributed by atoms with Gasteiger partial charge < -0.3 is 10.2 Å². The third-order valence-corrected chi connectivity index (χ3v) is 2.81. The minimum Gasteiger partial charge on any atom is -0.343 e. The lowest BCUT2D eigenvalue weighted by Crippen LogP contribution is -2.43. The minimum atomic E-state index is 0.247. The van der Waals surface area contributed by atoms with Gasteiger partial charge in [0.15, 0.2) is 0 Å². The highest BCUT2D eigenvalue weighted by atomic mass is 16.2. The monoisotopic (exact) mass is 196 g/mol. The van der Waals surface area contributed by atoms with Gasteiger partial charge >= 0.3 is 0 Å². The molecular weight excluding hydrogens is 176 g/mol. The van der Waals surface area contributed by atoms with E-state index in [4.69, 9.17) is 0 Å². The first-order valence-electron chi connectivity index (χ1n) is 5.33. The van der Waals surface area contributed by atoms with E-state index in [9.17, 15) is 4.79 Å². The predicted octanol–water partition coefficient (Wildman–Crippen LogP) is 1.16. The molecule has 80 valence electrons. The van der Waals surface area contributed by atoms with Crippen LogP contribution in [-0.4, -0.2) is 37.0 Å². The highest BCUT2D eigenvalue weighted by molar-refractivity contribution is 5.76. The average Bonchev–Trinajstić information content (AvgIpc) is 2.26. The van der Waals surface area contributed by atoms with E-state index in [2.05, 4.69) is 11.9 Å². The second kappa shape index (κ2) is 5.81. The summed E-state index contributed by atoms with van der Waals surface area (Å²) in [4.78, 5) is 13.6. The van der Waals surface area contributed by atoms with Crippen LogP contribution < -0.4 is 5.32 Å². The van der Waals surface area contributed by atoms with E-state index >= 15 is 0 Å². The maximum atomic E-state index is 11.7. The van der Waals surface area contributed by atoms with Crippen LogP contribution in [0.3, 0.4) is 0 Å². The fourth-order valence-corrected chi connectivity index (χ4v) is 1.80. The zero-order valence-corrected chi connectivity index (χ0v) is 8.96. The summed E-state index contributed by atoms with van der Waals surface area (Å²) in [7, 11) is 1.92. The lowest BCUT2D eigenvalue weighted by Gasteiger charge is -2.31. The van der Waals surface area contributed by atoms with Crippen LogP contribution in [0, 0.1) is 0 Å². The maximum absolute atomic E-state index is 11.7. The molecule has 1 rings (SSSR count). The van der Waals surface area contributed by atoms with Crippen molar-refractivity contribution in [3.05, 3.63) is 12.7 Å². The van der Waals surface area contributed by atoms with E-state index in [0.29, 0.717) is 12.5 Å². The van der Waals surface area contributed by atoms with E-state index in [-0.39, 0.29) is 5.91 Å². The Morgan fingerprint density at radius 2 is 2.21 bits per heavy atom. The van der Waals surface area contributed by atoms with Crippen LogP contribution in [0.4, 0.5) is 0 Å². The number of amides is 1. The molecule has 0 radical (unpaired) electrons. The second-order valence-corrected chi connectivity index (χ2v) is 3.81. The molecule has 1 N–H and O–H groups in total. The van der Waals surface area contributed by atoms with Crippen LogP contribution >= 0.6 is 0 Å². The third-order valence-electron chi connectivity index (χ3n) is 2.81. The third kappa shape index (κ3) is 3.14. The quantitative estimate of drug-likeness (QED) is 0.684. The Balaban J connectivity index is 2.33. The molecule has 1 aliphatic rings. The Labute approximate surface area is 86.2 Å². The van der Waals surface area contributed by atoms with E-state index in [0.717, 1.165) is 32.4 Å². The van der Waals surface area contributed by atoms with Crippen LogP contribution in [0.1, 0.15) is 25.7 Å². The number of carbonyl (C=O) groups is 1. The molecule has 1 fully saturated rings. The molecule has 0 atom stereocenters. The normalized spacial score (nSPS) is 17.8. The van der Waals surface area contributed by atoms with Crippen LogP contribution in [0.5, 0.6) is 0 Å². The van der Waals surface area contributed by atoms with Crippen molar-refractivity contribution in [1.29, 1.82) is 0 Å². The molecule has 3 nitrogen and oxygen atoms in total. The number of hydrogen-bond acceptors (Lipinski definition) is 2. The maximum Gasteiger partial charge on any atom is 0.222 e. The van der Waals surface area contributed by atoms with Gasteiger partial charge in [-0.15, -0.1) is 6.58 Å². The van der Waals surface area contributed by atoms with E-state index in [1.807, 2.05) is 11.9 Å². The van der Waals surface area contributed by atoms with E-state index in [1.54, 1.807) is 6.08 Å². The predicted molar refractivity (Wildman–Crippen MR) is 58.1 cm³/mol. The molecule has 3 heteroatoms. The highest BCUT2D eigenvalue weighted by Crippen LogP contribution is 2.11. The number of hydrogen-bond donors (Lipinski definition) is 1. The lowest BCUT2D eigenvalue weighted by atomic mass is 10.0. The summed E-state index contributed by atoms with van der Waals surface area (Å²) in [5, 5.41) is 3.30. The van der Waals surface area contributed by atoms with Gasteiger partial charge in [-0.1, -0.05) is 6.08 Å². The van der Waals surface area contributed by atoms with Gasteiger partial charge in [-0.25, -0.2) is 0 Å². The molecule has 0 spiro atoms. The average molecular weight is 196 g/mol. The van der Waals surface area contributed by atoms with E-state index in [1.165, 1.54) is 0 Å². The van der Waals surface area contributed by atoms with Crippen molar-refractivity contribution in [2.45, 2.75) is 31.7 Å². The zero-order chi connectivity index (χ0) is 10.4. The Morgan fingerprint density at radius 1 is 1.57 bits per heavy atom. The molecule has 0 aromatic rings. The first kappa shape index (κ1) is 11.2. The van der Waals surface area contributed by atoms with Gasteiger partial charge in [-0.3, -0.25) is 4.79 Å². The van der Waals surface area contributed by atoms with Crippen molar-refractivity contribution in [3.8, 4) is 0 Å². The van der Waals surface area contributed by atoms with Gasteiger partial charge in [0.1, 0.15) is 0 Å². The molecule has 1 heterocycles. The Morgan fingerprint density at radius 3 is 2.79 bits per heavy atom. The highest BCUT2D eigenvalue weighted by Gasteiger charge is 2.20. The summed E-state index contributed by atoms with van der Waals surface area (Å²) in [6, 6.07) is 0.438. The smallest absolute Gasteiger partial charge is 0.222 e. The molecule has 0 bridgehead atoms. The molecule has 0 saturated carbocycles. The van der Waals surface area contributed by atoms with Crippen LogP contribution in [-0.2, 0) is 4.79 Å². The minimum absolute atomic E-state index is 0.247. The zero-order valence-electron chi connectivity index (χ0n) is 8.96. The molecule has 0 aromatic heterocycles. The van der Waals surface area contributed by atoms with Gasteiger partial charge in [0, 0.05) is 19.5 Å². The Hall–Kier alpha value is -0.830. The molecular formula is C11H20N2O. The number of rotatable bonds is 4. The standard InChI is InChI=1S/C11H20N2O/c1-3-4-5-11(14)13(2)10-6-8-12-9-7-10/h3,10,12H,1,4-9H2,2H3.